The normalized spacial score (nSPS) is 10.1. The first-order chi connectivity index (χ1) is 19.7. The quantitative estimate of drug-likeness (QED) is 0.204. The molecule has 0 amide bonds. The van der Waals surface area contributed by atoms with Crippen LogP contribution in [0.2, 0.25) is 0 Å². The Bertz CT molecular complexity index is 1570. The molecule has 4 rings (SSSR count). The van der Waals surface area contributed by atoms with Crippen LogP contribution in [0.25, 0.3) is 22.5 Å². The lowest BCUT2D eigenvalue weighted by Crippen LogP contribution is -2.24. The molecule has 0 aliphatic carbocycles. The van der Waals surface area contributed by atoms with Gasteiger partial charge in [0.1, 0.15) is 34.6 Å². The monoisotopic (exact) mass is 584 g/mol. The van der Waals surface area contributed by atoms with Gasteiger partial charge in [0.05, 0.1) is 24.1 Å². The summed E-state index contributed by atoms with van der Waals surface area (Å²) >= 11 is 1.23. The molecular weight excluding hydrogens is 550 g/mol. The van der Waals surface area contributed by atoms with Gasteiger partial charge in [-0.15, -0.1) is 11.3 Å². The van der Waals surface area contributed by atoms with Crippen molar-refractivity contribution in [1.82, 2.24) is 19.5 Å². The van der Waals surface area contributed by atoms with Crippen LogP contribution in [-0.4, -0.2) is 32.1 Å². The Kier molecular flexibility index (Phi) is 12.5. The molecular formula is C30H34F2N4O4S. The van der Waals surface area contributed by atoms with Crippen LogP contribution in [0.15, 0.2) is 47.3 Å². The molecule has 0 unspecified atom stereocenters. The Morgan fingerprint density at radius 1 is 1.10 bits per heavy atom. The summed E-state index contributed by atoms with van der Waals surface area (Å²) in [6.07, 6.45) is 3.86. The highest BCUT2D eigenvalue weighted by Gasteiger charge is 2.19. The van der Waals surface area contributed by atoms with Crippen molar-refractivity contribution < 1.29 is 23.0 Å². The summed E-state index contributed by atoms with van der Waals surface area (Å²) in [6.45, 7) is 16.9. The second-order valence-corrected chi connectivity index (χ2v) is 8.75. The summed E-state index contributed by atoms with van der Waals surface area (Å²) < 4.78 is 39.3. The SMILES string of the molecule is C=Cc1c(OCc2ncc(F)cc2F)cc(C)n(-c2cc(-c3nc(C(=O)OCC)cs3)ncc2C)c1=O.CC.CC. The number of thiazole rings is 1. The average molecular weight is 585 g/mol. The van der Waals surface area contributed by atoms with Crippen molar-refractivity contribution in [3.05, 3.63) is 92.7 Å². The third-order valence-electron chi connectivity index (χ3n) is 5.37. The lowest BCUT2D eigenvalue weighted by molar-refractivity contribution is 0.0520. The molecule has 0 fully saturated rings. The van der Waals surface area contributed by atoms with Crippen molar-refractivity contribution in [3.63, 3.8) is 0 Å². The van der Waals surface area contributed by atoms with Gasteiger partial charge in [-0.2, -0.15) is 0 Å². The Morgan fingerprint density at radius 3 is 2.44 bits per heavy atom. The molecule has 0 spiro atoms. The smallest absolute Gasteiger partial charge is 0.357 e. The van der Waals surface area contributed by atoms with Gasteiger partial charge < -0.3 is 9.47 Å². The van der Waals surface area contributed by atoms with Gasteiger partial charge in [-0.3, -0.25) is 19.3 Å². The Morgan fingerprint density at radius 2 is 1.80 bits per heavy atom. The first-order valence-electron chi connectivity index (χ1n) is 13.1. The molecule has 4 heterocycles. The van der Waals surface area contributed by atoms with E-state index in [9.17, 15) is 18.4 Å². The minimum atomic E-state index is -0.849. The maximum atomic E-state index is 14.0. The molecule has 218 valence electrons. The standard InChI is InChI=1S/C26H22F2N4O4S.2C2H6/c1-5-17-23(36-12-20-18(28)8-16(27)11-30-20)7-15(4)32(25(17)33)22-9-19(29-10-14(22)3)24-31-21(13-37-24)26(34)35-6-2;2*1-2/h5,7-11,13H,1,6,12H2,2-4H3;2*1-2H3. The van der Waals surface area contributed by atoms with Crippen molar-refractivity contribution in [2.24, 2.45) is 0 Å². The first kappa shape index (κ1) is 33.0. The molecule has 0 saturated heterocycles. The summed E-state index contributed by atoms with van der Waals surface area (Å²) in [5.74, 6) is -1.98. The van der Waals surface area contributed by atoms with Gasteiger partial charge in [-0.05, 0) is 32.4 Å². The van der Waals surface area contributed by atoms with E-state index in [4.69, 9.17) is 9.47 Å². The topological polar surface area (TPSA) is 96.2 Å². The maximum Gasteiger partial charge on any atom is 0.357 e. The Hall–Kier alpha value is -4.25. The van der Waals surface area contributed by atoms with Gasteiger partial charge in [-0.25, -0.2) is 18.6 Å². The fraction of sp³-hybridized carbons (Fsp3) is 0.300. The zero-order valence-electron chi connectivity index (χ0n) is 24.2. The Balaban J connectivity index is 0.00000141. The molecule has 0 aromatic carbocycles. The number of carbonyl (C=O) groups excluding carboxylic acids is 1. The van der Waals surface area contributed by atoms with Crippen LogP contribution in [-0.2, 0) is 11.3 Å². The average Bonchev–Trinajstić information content (AvgIpc) is 3.46. The van der Waals surface area contributed by atoms with Crippen LogP contribution >= 0.6 is 11.3 Å². The van der Waals surface area contributed by atoms with Crippen molar-refractivity contribution in [3.8, 4) is 22.1 Å². The van der Waals surface area contributed by atoms with Crippen LogP contribution < -0.4 is 10.3 Å². The van der Waals surface area contributed by atoms with Gasteiger partial charge in [0.25, 0.3) is 5.56 Å². The molecule has 8 nitrogen and oxygen atoms in total. The highest BCUT2D eigenvalue weighted by atomic mass is 32.1. The molecule has 4 aromatic rings. The Labute approximate surface area is 242 Å². The number of carbonyl (C=O) groups is 1. The zero-order valence-corrected chi connectivity index (χ0v) is 25.1. The predicted molar refractivity (Wildman–Crippen MR) is 158 cm³/mol. The third-order valence-corrected chi connectivity index (χ3v) is 6.23. The number of aryl methyl sites for hydroxylation is 2. The van der Waals surface area contributed by atoms with Gasteiger partial charge in [0.15, 0.2) is 11.5 Å². The van der Waals surface area contributed by atoms with E-state index in [2.05, 4.69) is 21.5 Å². The number of ether oxygens (including phenoxy) is 2. The number of aromatic nitrogens is 4. The van der Waals surface area contributed by atoms with Crippen LogP contribution in [0, 0.1) is 25.5 Å². The predicted octanol–water partition coefficient (Wildman–Crippen LogP) is 7.10. The van der Waals surface area contributed by atoms with E-state index in [0.29, 0.717) is 28.1 Å². The van der Waals surface area contributed by atoms with Crippen molar-refractivity contribution >= 4 is 23.4 Å². The first-order valence-corrected chi connectivity index (χ1v) is 14.0. The van der Waals surface area contributed by atoms with E-state index >= 15 is 0 Å². The second-order valence-electron chi connectivity index (χ2n) is 7.89. The number of hydrogen-bond donors (Lipinski definition) is 0. The lowest BCUT2D eigenvalue weighted by atomic mass is 10.1. The van der Waals surface area contributed by atoms with Crippen molar-refractivity contribution in [2.45, 2.75) is 55.1 Å². The van der Waals surface area contributed by atoms with Crippen LogP contribution in [0.3, 0.4) is 0 Å². The number of rotatable bonds is 8. The molecule has 0 bridgehead atoms. The molecule has 0 atom stereocenters. The molecule has 0 N–H and O–H groups in total. The van der Waals surface area contributed by atoms with E-state index < -0.39 is 23.2 Å². The number of nitrogens with zero attached hydrogens (tertiary/aromatic N) is 4. The summed E-state index contributed by atoms with van der Waals surface area (Å²) in [5.41, 5.74) is 2.11. The fourth-order valence-corrected chi connectivity index (χ4v) is 4.34. The lowest BCUT2D eigenvalue weighted by Gasteiger charge is -2.17. The molecule has 0 aliphatic heterocycles. The van der Waals surface area contributed by atoms with Gasteiger partial charge in [0, 0.05) is 29.4 Å². The maximum absolute atomic E-state index is 14.0. The molecule has 0 saturated carbocycles. The van der Waals surface area contributed by atoms with Crippen LogP contribution in [0.1, 0.15) is 67.6 Å². The number of pyridine rings is 3. The van der Waals surface area contributed by atoms with Crippen LogP contribution in [0.5, 0.6) is 5.75 Å². The number of esters is 1. The second kappa shape index (κ2) is 15.5. The largest absolute Gasteiger partial charge is 0.486 e. The van der Waals surface area contributed by atoms with E-state index in [1.807, 2.05) is 34.6 Å². The van der Waals surface area contributed by atoms with Crippen molar-refractivity contribution in [1.29, 1.82) is 0 Å². The number of hydrogen-bond acceptors (Lipinski definition) is 8. The molecule has 4 aromatic heterocycles. The highest BCUT2D eigenvalue weighted by Crippen LogP contribution is 2.27. The van der Waals surface area contributed by atoms with Crippen LogP contribution in [0.4, 0.5) is 8.78 Å². The summed E-state index contributed by atoms with van der Waals surface area (Å²) in [5, 5.41) is 2.08. The zero-order chi connectivity index (χ0) is 30.7. The van der Waals surface area contributed by atoms with Gasteiger partial charge in [0.2, 0.25) is 0 Å². The van der Waals surface area contributed by atoms with Crippen molar-refractivity contribution in [2.75, 3.05) is 6.61 Å². The summed E-state index contributed by atoms with van der Waals surface area (Å²) in [6, 6.07) is 4.05. The molecule has 0 radical (unpaired) electrons. The minimum absolute atomic E-state index is 0.0986. The van der Waals surface area contributed by atoms with E-state index in [-0.39, 0.29) is 35.9 Å². The summed E-state index contributed by atoms with van der Waals surface area (Å²) in [7, 11) is 0. The number of halogens is 2. The molecule has 41 heavy (non-hydrogen) atoms. The molecule has 0 aliphatic rings. The summed E-state index contributed by atoms with van der Waals surface area (Å²) in [4.78, 5) is 37.9. The fourth-order valence-electron chi connectivity index (χ4n) is 3.58. The van der Waals surface area contributed by atoms with E-state index in [0.717, 1.165) is 11.8 Å². The van der Waals surface area contributed by atoms with Gasteiger partial charge >= 0.3 is 5.97 Å². The minimum Gasteiger partial charge on any atom is -0.486 e. The molecule has 11 heteroatoms. The van der Waals surface area contributed by atoms with E-state index in [1.54, 1.807) is 37.6 Å². The van der Waals surface area contributed by atoms with Gasteiger partial charge in [-0.1, -0.05) is 40.3 Å². The van der Waals surface area contributed by atoms with E-state index in [1.165, 1.54) is 22.0 Å². The third kappa shape index (κ3) is 7.69. The highest BCUT2D eigenvalue weighted by molar-refractivity contribution is 7.13.